The monoisotopic (exact) mass is 287 g/mol. The molecule has 4 heteroatoms. The third kappa shape index (κ3) is 3.38. The first kappa shape index (κ1) is 15.0. The molecule has 0 fully saturated rings. The van der Waals surface area contributed by atoms with Crippen LogP contribution in [-0.2, 0) is 6.42 Å². The summed E-state index contributed by atoms with van der Waals surface area (Å²) in [5.74, 6) is 0. The van der Waals surface area contributed by atoms with Crippen LogP contribution in [0.5, 0.6) is 0 Å². The molecule has 0 aliphatic heterocycles. The predicted octanol–water partition coefficient (Wildman–Crippen LogP) is 3.36. The maximum absolute atomic E-state index is 5.59. The zero-order valence-corrected chi connectivity index (χ0v) is 13.3. The largest absolute Gasteiger partial charge is 0.330 e. The molecule has 0 aliphatic rings. The van der Waals surface area contributed by atoms with Gasteiger partial charge >= 0.3 is 0 Å². The van der Waals surface area contributed by atoms with Crippen LogP contribution in [0, 0.1) is 27.7 Å². The van der Waals surface area contributed by atoms with E-state index in [1.54, 1.807) is 11.8 Å². The zero-order valence-electron chi connectivity index (χ0n) is 12.5. The number of hydrogen-bond acceptors (Lipinski definition) is 4. The highest BCUT2D eigenvalue weighted by Crippen LogP contribution is 2.29. The number of nitrogens with two attached hydrogens (primary N) is 1. The van der Waals surface area contributed by atoms with Crippen LogP contribution in [-0.4, -0.2) is 16.5 Å². The summed E-state index contributed by atoms with van der Waals surface area (Å²) in [6, 6.07) is 6.47. The predicted molar refractivity (Wildman–Crippen MR) is 84.3 cm³/mol. The molecule has 0 saturated carbocycles. The first-order valence-corrected chi connectivity index (χ1v) is 7.62. The Morgan fingerprint density at radius 2 is 1.70 bits per heavy atom. The minimum Gasteiger partial charge on any atom is -0.330 e. The molecular formula is C16H21N3S. The average molecular weight is 287 g/mol. The van der Waals surface area contributed by atoms with Crippen molar-refractivity contribution in [1.82, 2.24) is 9.97 Å². The third-order valence-electron chi connectivity index (χ3n) is 3.49. The molecule has 106 valence electrons. The van der Waals surface area contributed by atoms with E-state index >= 15 is 0 Å². The van der Waals surface area contributed by atoms with Gasteiger partial charge in [0.25, 0.3) is 0 Å². The van der Waals surface area contributed by atoms with E-state index in [0.717, 1.165) is 23.0 Å². The van der Waals surface area contributed by atoms with Crippen LogP contribution in [0.2, 0.25) is 0 Å². The fourth-order valence-corrected chi connectivity index (χ4v) is 2.95. The topological polar surface area (TPSA) is 51.8 Å². The Labute approximate surface area is 125 Å². The lowest BCUT2D eigenvalue weighted by molar-refractivity contribution is 0.880. The number of nitrogens with zero attached hydrogens (tertiary/aromatic N) is 2. The Morgan fingerprint density at radius 1 is 1.05 bits per heavy atom. The van der Waals surface area contributed by atoms with Crippen molar-refractivity contribution in [2.45, 2.75) is 44.2 Å². The second kappa shape index (κ2) is 6.37. The van der Waals surface area contributed by atoms with Crippen molar-refractivity contribution in [3.63, 3.8) is 0 Å². The summed E-state index contributed by atoms with van der Waals surface area (Å²) in [4.78, 5) is 10.3. The minimum absolute atomic E-state index is 0.686. The number of aryl methyl sites for hydroxylation is 3. The molecule has 0 spiro atoms. The summed E-state index contributed by atoms with van der Waals surface area (Å²) in [5.41, 5.74) is 11.4. The highest BCUT2D eigenvalue weighted by Gasteiger charge is 2.08. The van der Waals surface area contributed by atoms with Gasteiger partial charge in [-0.3, -0.25) is 0 Å². The van der Waals surface area contributed by atoms with Gasteiger partial charge < -0.3 is 5.73 Å². The first-order chi connectivity index (χ1) is 9.51. The number of aromatic nitrogens is 2. The van der Waals surface area contributed by atoms with Crippen molar-refractivity contribution in [2.24, 2.45) is 5.73 Å². The molecule has 2 aromatic rings. The van der Waals surface area contributed by atoms with Crippen LogP contribution in [0.3, 0.4) is 0 Å². The molecule has 0 saturated heterocycles. The van der Waals surface area contributed by atoms with Crippen LogP contribution in [0.1, 0.15) is 28.1 Å². The van der Waals surface area contributed by atoms with E-state index in [2.05, 4.69) is 42.0 Å². The molecule has 0 radical (unpaired) electrons. The van der Waals surface area contributed by atoms with E-state index in [0.29, 0.717) is 6.54 Å². The van der Waals surface area contributed by atoms with E-state index in [1.807, 2.05) is 13.8 Å². The lowest BCUT2D eigenvalue weighted by atomic mass is 10.1. The molecule has 0 aliphatic carbocycles. The number of hydrogen-bond donors (Lipinski definition) is 1. The summed E-state index contributed by atoms with van der Waals surface area (Å²) in [5, 5.41) is 0.820. The van der Waals surface area contributed by atoms with Crippen molar-refractivity contribution in [1.29, 1.82) is 0 Å². The van der Waals surface area contributed by atoms with E-state index in [9.17, 15) is 0 Å². The van der Waals surface area contributed by atoms with E-state index < -0.39 is 0 Å². The van der Waals surface area contributed by atoms with Crippen molar-refractivity contribution < 1.29 is 0 Å². The summed E-state index contributed by atoms with van der Waals surface area (Å²) in [7, 11) is 0. The molecule has 0 unspecified atom stereocenters. The Balaban J connectivity index is 2.26. The quantitative estimate of drug-likeness (QED) is 0.876. The van der Waals surface area contributed by atoms with Gasteiger partial charge in [0.15, 0.2) is 5.16 Å². The van der Waals surface area contributed by atoms with Gasteiger partial charge in [0, 0.05) is 16.3 Å². The SMILES string of the molecule is Cc1cc(CCN)ccc1Sc1nc(C)c(C)c(C)n1. The second-order valence-corrected chi connectivity index (χ2v) is 6.05. The lowest BCUT2D eigenvalue weighted by Crippen LogP contribution is -2.03. The maximum Gasteiger partial charge on any atom is 0.192 e. The van der Waals surface area contributed by atoms with Gasteiger partial charge in [-0.25, -0.2) is 9.97 Å². The summed E-state index contributed by atoms with van der Waals surface area (Å²) in [6.45, 7) is 8.93. The van der Waals surface area contributed by atoms with Gasteiger partial charge in [0.05, 0.1) is 0 Å². The van der Waals surface area contributed by atoms with Crippen LogP contribution < -0.4 is 5.73 Å². The van der Waals surface area contributed by atoms with Crippen molar-refractivity contribution >= 4 is 11.8 Å². The number of rotatable bonds is 4. The number of benzene rings is 1. The molecule has 1 heterocycles. The highest BCUT2D eigenvalue weighted by molar-refractivity contribution is 7.99. The van der Waals surface area contributed by atoms with Crippen LogP contribution in [0.25, 0.3) is 0 Å². The first-order valence-electron chi connectivity index (χ1n) is 6.80. The molecule has 2 rings (SSSR count). The molecule has 1 aromatic heterocycles. The van der Waals surface area contributed by atoms with Gasteiger partial charge in [-0.2, -0.15) is 0 Å². The molecular weight excluding hydrogens is 266 g/mol. The van der Waals surface area contributed by atoms with Gasteiger partial charge in [0.1, 0.15) is 0 Å². The van der Waals surface area contributed by atoms with Gasteiger partial charge in [0.2, 0.25) is 0 Å². The third-order valence-corrected chi connectivity index (χ3v) is 4.53. The summed E-state index contributed by atoms with van der Waals surface area (Å²) < 4.78 is 0. The Morgan fingerprint density at radius 3 is 2.25 bits per heavy atom. The van der Waals surface area contributed by atoms with E-state index in [4.69, 9.17) is 5.73 Å². The molecule has 0 atom stereocenters. The fourth-order valence-electron chi connectivity index (χ4n) is 2.03. The van der Waals surface area contributed by atoms with E-state index in [-0.39, 0.29) is 0 Å². The highest BCUT2D eigenvalue weighted by atomic mass is 32.2. The van der Waals surface area contributed by atoms with Crippen LogP contribution >= 0.6 is 11.8 Å². The molecule has 0 amide bonds. The lowest BCUT2D eigenvalue weighted by Gasteiger charge is -2.09. The summed E-state index contributed by atoms with van der Waals surface area (Å²) in [6.07, 6.45) is 0.922. The Bertz CT molecular complexity index is 600. The average Bonchev–Trinajstić information content (AvgIpc) is 2.39. The fraction of sp³-hybridized carbons (Fsp3) is 0.375. The smallest absolute Gasteiger partial charge is 0.192 e. The van der Waals surface area contributed by atoms with Gasteiger partial charge in [-0.05, 0) is 75.2 Å². The molecule has 1 aromatic carbocycles. The Hall–Kier alpha value is -1.39. The van der Waals surface area contributed by atoms with E-state index in [1.165, 1.54) is 21.6 Å². The molecule has 3 nitrogen and oxygen atoms in total. The van der Waals surface area contributed by atoms with Crippen LogP contribution in [0.4, 0.5) is 0 Å². The second-order valence-electron chi connectivity index (χ2n) is 5.04. The van der Waals surface area contributed by atoms with Crippen molar-refractivity contribution in [3.8, 4) is 0 Å². The van der Waals surface area contributed by atoms with Crippen molar-refractivity contribution in [3.05, 3.63) is 46.3 Å². The van der Waals surface area contributed by atoms with Gasteiger partial charge in [-0.15, -0.1) is 0 Å². The minimum atomic E-state index is 0.686. The van der Waals surface area contributed by atoms with Crippen molar-refractivity contribution in [2.75, 3.05) is 6.54 Å². The Kier molecular flexibility index (Phi) is 4.78. The maximum atomic E-state index is 5.59. The van der Waals surface area contributed by atoms with Crippen LogP contribution in [0.15, 0.2) is 28.3 Å². The summed E-state index contributed by atoms with van der Waals surface area (Å²) >= 11 is 1.62. The zero-order chi connectivity index (χ0) is 14.7. The molecule has 2 N–H and O–H groups in total. The standard InChI is InChI=1S/C16H21N3S/c1-10-9-14(7-8-17)5-6-15(10)20-16-18-12(3)11(2)13(4)19-16/h5-6,9H,7-8,17H2,1-4H3. The molecule has 20 heavy (non-hydrogen) atoms. The molecule has 0 bridgehead atoms. The van der Waals surface area contributed by atoms with Gasteiger partial charge in [-0.1, -0.05) is 12.1 Å². The normalized spacial score (nSPS) is 10.8.